The average Bonchev–Trinajstić information content (AvgIpc) is 2.74. The minimum atomic E-state index is -0.615. The number of hydrogen-bond acceptors (Lipinski definition) is 3. The summed E-state index contributed by atoms with van der Waals surface area (Å²) >= 11 is 1.48. The first-order valence-electron chi connectivity index (χ1n) is 5.63. The van der Waals surface area contributed by atoms with Crippen molar-refractivity contribution in [1.82, 2.24) is 0 Å². The maximum Gasteiger partial charge on any atom is 0.250 e. The normalized spacial score (nSPS) is 16.3. The monoisotopic (exact) mass is 254 g/mol. The summed E-state index contributed by atoms with van der Waals surface area (Å²) < 4.78 is 13.7. The fourth-order valence-corrected chi connectivity index (χ4v) is 3.34. The maximum absolute atomic E-state index is 13.7. The lowest BCUT2D eigenvalue weighted by Crippen LogP contribution is -2.14. The largest absolute Gasteiger partial charge is 0.398 e. The third kappa shape index (κ3) is 2.72. The van der Waals surface area contributed by atoms with Crippen LogP contribution in [0.15, 0.2) is 17.0 Å². The van der Waals surface area contributed by atoms with Crippen molar-refractivity contribution < 1.29 is 9.18 Å². The second-order valence-electron chi connectivity index (χ2n) is 4.26. The van der Waals surface area contributed by atoms with Crippen LogP contribution in [-0.2, 0) is 0 Å². The minimum absolute atomic E-state index is 0.103. The molecule has 0 unspecified atom stereocenters. The molecular weight excluding hydrogens is 239 g/mol. The Morgan fingerprint density at radius 1 is 1.35 bits per heavy atom. The van der Waals surface area contributed by atoms with Crippen LogP contribution >= 0.6 is 11.8 Å². The quantitative estimate of drug-likeness (QED) is 0.814. The van der Waals surface area contributed by atoms with Gasteiger partial charge in [0.15, 0.2) is 0 Å². The second-order valence-corrected chi connectivity index (χ2v) is 5.60. The molecule has 0 saturated heterocycles. The van der Waals surface area contributed by atoms with Gasteiger partial charge in [0.1, 0.15) is 5.82 Å². The zero-order valence-corrected chi connectivity index (χ0v) is 10.2. The number of nitrogen functional groups attached to an aromatic ring is 1. The molecule has 0 atom stereocenters. The van der Waals surface area contributed by atoms with Crippen molar-refractivity contribution in [3.63, 3.8) is 0 Å². The fourth-order valence-electron chi connectivity index (χ4n) is 2.06. The number of rotatable bonds is 3. The fraction of sp³-hybridized carbons (Fsp3) is 0.417. The van der Waals surface area contributed by atoms with Gasteiger partial charge in [-0.15, -0.1) is 11.8 Å². The molecule has 0 aromatic heterocycles. The smallest absolute Gasteiger partial charge is 0.250 e. The lowest BCUT2D eigenvalue weighted by atomic mass is 10.1. The topological polar surface area (TPSA) is 69.1 Å². The summed E-state index contributed by atoms with van der Waals surface area (Å²) in [5, 5.41) is 0.439. The molecular formula is C12H15FN2OS. The number of thioether (sulfide) groups is 1. The Hall–Kier alpha value is -1.23. The van der Waals surface area contributed by atoms with Crippen LogP contribution in [0.5, 0.6) is 0 Å². The molecule has 1 saturated carbocycles. The molecule has 1 fully saturated rings. The lowest BCUT2D eigenvalue weighted by molar-refractivity contribution is 0.100. The van der Waals surface area contributed by atoms with Gasteiger partial charge in [-0.05, 0) is 25.0 Å². The lowest BCUT2D eigenvalue weighted by Gasteiger charge is -2.11. The summed E-state index contributed by atoms with van der Waals surface area (Å²) in [6, 6.07) is 2.65. The number of primary amides is 1. The maximum atomic E-state index is 13.7. The van der Waals surface area contributed by atoms with E-state index in [2.05, 4.69) is 0 Å². The number of halogens is 1. The highest BCUT2D eigenvalue weighted by Crippen LogP contribution is 2.37. The molecule has 0 radical (unpaired) electrons. The van der Waals surface area contributed by atoms with Gasteiger partial charge >= 0.3 is 0 Å². The molecule has 1 amide bonds. The van der Waals surface area contributed by atoms with E-state index in [1.807, 2.05) is 0 Å². The van der Waals surface area contributed by atoms with Gasteiger partial charge < -0.3 is 11.5 Å². The number of amides is 1. The average molecular weight is 254 g/mol. The van der Waals surface area contributed by atoms with Crippen LogP contribution < -0.4 is 11.5 Å². The second kappa shape index (κ2) is 4.96. The molecule has 4 N–H and O–H groups in total. The summed E-state index contributed by atoms with van der Waals surface area (Å²) in [5.74, 6) is -0.986. The molecule has 0 heterocycles. The molecule has 0 spiro atoms. The Kier molecular flexibility index (Phi) is 3.57. The number of hydrogen-bond donors (Lipinski definition) is 2. The molecule has 0 bridgehead atoms. The zero-order chi connectivity index (χ0) is 12.4. The van der Waals surface area contributed by atoms with Crippen molar-refractivity contribution in [3.8, 4) is 0 Å². The molecule has 1 aromatic carbocycles. The van der Waals surface area contributed by atoms with Crippen LogP contribution in [-0.4, -0.2) is 11.2 Å². The van der Waals surface area contributed by atoms with E-state index in [4.69, 9.17) is 11.5 Å². The van der Waals surface area contributed by atoms with Crippen LogP contribution in [0.4, 0.5) is 10.1 Å². The summed E-state index contributed by atoms with van der Waals surface area (Å²) in [4.78, 5) is 11.6. The van der Waals surface area contributed by atoms with Crippen LogP contribution in [0.3, 0.4) is 0 Å². The van der Waals surface area contributed by atoms with Crippen LogP contribution in [0.1, 0.15) is 36.0 Å². The van der Waals surface area contributed by atoms with Gasteiger partial charge in [0.2, 0.25) is 0 Å². The Morgan fingerprint density at radius 2 is 2.00 bits per heavy atom. The molecule has 2 rings (SSSR count). The molecule has 1 aliphatic carbocycles. The highest BCUT2D eigenvalue weighted by atomic mass is 32.2. The molecule has 0 aliphatic heterocycles. The van der Waals surface area contributed by atoms with Crippen LogP contribution in [0.2, 0.25) is 0 Å². The van der Waals surface area contributed by atoms with E-state index in [1.54, 1.807) is 0 Å². The van der Waals surface area contributed by atoms with E-state index in [0.29, 0.717) is 10.1 Å². The first-order valence-corrected chi connectivity index (χ1v) is 6.51. The number of carbonyl (C=O) groups excluding carboxylic acids is 1. The van der Waals surface area contributed by atoms with Crippen molar-refractivity contribution >= 4 is 23.4 Å². The number of anilines is 1. The predicted octanol–water partition coefficient (Wildman–Crippen LogP) is 2.54. The first kappa shape index (κ1) is 12.2. The molecule has 1 aliphatic rings. The Labute approximate surface area is 104 Å². The van der Waals surface area contributed by atoms with E-state index >= 15 is 0 Å². The Balaban J connectivity index is 2.26. The van der Waals surface area contributed by atoms with Gasteiger partial charge in [-0.25, -0.2) is 4.39 Å². The van der Waals surface area contributed by atoms with E-state index in [-0.39, 0.29) is 17.1 Å². The van der Waals surface area contributed by atoms with Crippen LogP contribution in [0, 0.1) is 5.82 Å². The van der Waals surface area contributed by atoms with Crippen molar-refractivity contribution in [3.05, 3.63) is 23.5 Å². The molecule has 1 aromatic rings. The van der Waals surface area contributed by atoms with Crippen molar-refractivity contribution in [1.29, 1.82) is 0 Å². The number of benzene rings is 1. The third-order valence-electron chi connectivity index (χ3n) is 2.97. The van der Waals surface area contributed by atoms with E-state index < -0.39 is 5.91 Å². The highest BCUT2D eigenvalue weighted by Gasteiger charge is 2.19. The summed E-state index contributed by atoms with van der Waals surface area (Å²) in [6.07, 6.45) is 4.58. The van der Waals surface area contributed by atoms with Crippen LogP contribution in [0.25, 0.3) is 0 Å². The van der Waals surface area contributed by atoms with E-state index in [0.717, 1.165) is 12.8 Å². The minimum Gasteiger partial charge on any atom is -0.398 e. The van der Waals surface area contributed by atoms with Gasteiger partial charge in [-0.1, -0.05) is 12.8 Å². The third-order valence-corrected chi connectivity index (χ3v) is 4.34. The molecule has 5 heteroatoms. The SMILES string of the molecule is NC(=O)c1cc(SC2CCCC2)c(F)cc1N. The van der Waals surface area contributed by atoms with Gasteiger partial charge in [0.25, 0.3) is 5.91 Å². The van der Waals surface area contributed by atoms with Crippen molar-refractivity contribution in [2.75, 3.05) is 5.73 Å². The Morgan fingerprint density at radius 3 is 2.59 bits per heavy atom. The molecule has 92 valence electrons. The number of nitrogens with two attached hydrogens (primary N) is 2. The van der Waals surface area contributed by atoms with Crippen molar-refractivity contribution in [2.45, 2.75) is 35.8 Å². The van der Waals surface area contributed by atoms with Crippen molar-refractivity contribution in [2.24, 2.45) is 5.73 Å². The standard InChI is InChI=1S/C12H15FN2OS/c13-9-6-10(14)8(12(15)16)5-11(9)17-7-3-1-2-4-7/h5-7H,1-4,14H2,(H2,15,16). The molecule has 3 nitrogen and oxygen atoms in total. The van der Waals surface area contributed by atoms with Gasteiger partial charge in [-0.2, -0.15) is 0 Å². The molecule has 17 heavy (non-hydrogen) atoms. The number of carbonyl (C=O) groups is 1. The van der Waals surface area contributed by atoms with Gasteiger partial charge in [0, 0.05) is 15.8 Å². The Bertz CT molecular complexity index is 444. The van der Waals surface area contributed by atoms with E-state index in [9.17, 15) is 9.18 Å². The summed E-state index contributed by atoms with van der Waals surface area (Å²) in [7, 11) is 0. The zero-order valence-electron chi connectivity index (χ0n) is 9.41. The highest BCUT2D eigenvalue weighted by molar-refractivity contribution is 8.00. The predicted molar refractivity (Wildman–Crippen MR) is 67.4 cm³/mol. The van der Waals surface area contributed by atoms with E-state index in [1.165, 1.54) is 36.7 Å². The first-order chi connectivity index (χ1) is 8.08. The summed E-state index contributed by atoms with van der Waals surface area (Å²) in [6.45, 7) is 0. The van der Waals surface area contributed by atoms with Gasteiger partial charge in [0.05, 0.1) is 5.56 Å². The van der Waals surface area contributed by atoms with Gasteiger partial charge in [-0.3, -0.25) is 4.79 Å². The summed E-state index contributed by atoms with van der Waals surface area (Å²) in [5.41, 5.74) is 11.0.